The van der Waals surface area contributed by atoms with Crippen LogP contribution in [0.3, 0.4) is 0 Å². The summed E-state index contributed by atoms with van der Waals surface area (Å²) in [5.41, 5.74) is 3.04. The monoisotopic (exact) mass is 352 g/mol. The fourth-order valence-corrected chi connectivity index (χ4v) is 3.39. The van der Waals surface area contributed by atoms with Crippen molar-refractivity contribution in [3.8, 4) is 0 Å². The molecule has 1 fully saturated rings. The van der Waals surface area contributed by atoms with E-state index in [1.807, 2.05) is 36.4 Å². The van der Waals surface area contributed by atoms with E-state index < -0.39 is 11.4 Å². The summed E-state index contributed by atoms with van der Waals surface area (Å²) in [6.07, 6.45) is 6.99. The van der Waals surface area contributed by atoms with Gasteiger partial charge in [0.1, 0.15) is 7.11 Å². The number of aromatic nitrogens is 1. The van der Waals surface area contributed by atoms with Gasteiger partial charge in [-0.3, -0.25) is 9.78 Å². The molecule has 0 bridgehead atoms. The Bertz CT molecular complexity index is 861. The summed E-state index contributed by atoms with van der Waals surface area (Å²) >= 11 is 0. The van der Waals surface area contributed by atoms with Gasteiger partial charge in [-0.05, 0) is 49.8 Å². The van der Waals surface area contributed by atoms with Gasteiger partial charge in [-0.25, -0.2) is 0 Å². The number of aliphatic carboxylic acids is 1. The predicted molar refractivity (Wildman–Crippen MR) is 103 cm³/mol. The van der Waals surface area contributed by atoms with Crippen molar-refractivity contribution in [2.24, 2.45) is 10.6 Å². The zero-order valence-corrected chi connectivity index (χ0v) is 15.2. The molecule has 1 heterocycles. The average molecular weight is 352 g/mol. The van der Waals surface area contributed by atoms with Gasteiger partial charge >= 0.3 is 5.97 Å². The molecular weight excluding hydrogens is 328 g/mol. The Balaban J connectivity index is 1.85. The van der Waals surface area contributed by atoms with Gasteiger partial charge in [0, 0.05) is 11.1 Å². The van der Waals surface area contributed by atoms with Crippen molar-refractivity contribution in [2.75, 3.05) is 7.11 Å². The van der Waals surface area contributed by atoms with Crippen molar-refractivity contribution in [2.45, 2.75) is 39.0 Å². The molecule has 0 radical (unpaired) electrons. The number of fused-ring (bicyclic) bond motifs is 1. The smallest absolute Gasteiger partial charge is 0.313 e. The lowest BCUT2D eigenvalue weighted by molar-refractivity contribution is -0.146. The second-order valence-electron chi connectivity index (χ2n) is 6.74. The number of carboxylic acid groups (broad SMARTS) is 1. The molecule has 3 rings (SSSR count). The van der Waals surface area contributed by atoms with Crippen molar-refractivity contribution >= 4 is 28.7 Å². The molecule has 1 N–H and O–H groups in total. The molecule has 0 atom stereocenters. The molecule has 0 spiro atoms. The molecule has 5 nitrogen and oxygen atoms in total. The average Bonchev–Trinajstić information content (AvgIpc) is 2.67. The molecule has 0 saturated heterocycles. The molecular formula is C21H24N2O3. The van der Waals surface area contributed by atoms with Crippen LogP contribution in [0, 0.1) is 5.41 Å². The summed E-state index contributed by atoms with van der Waals surface area (Å²) in [6.45, 7) is 2.08. The van der Waals surface area contributed by atoms with Crippen LogP contribution in [-0.4, -0.2) is 28.9 Å². The molecule has 0 unspecified atom stereocenters. The van der Waals surface area contributed by atoms with Crippen LogP contribution in [0.5, 0.6) is 0 Å². The maximum atomic E-state index is 11.9. The second-order valence-corrected chi connectivity index (χ2v) is 6.74. The van der Waals surface area contributed by atoms with E-state index in [0.29, 0.717) is 25.7 Å². The highest BCUT2D eigenvalue weighted by atomic mass is 16.6. The molecule has 0 amide bonds. The molecule has 1 aliphatic rings. The molecule has 1 aromatic heterocycles. The first kappa shape index (κ1) is 18.1. The standard InChI is InChI=1S/C21H24N2O3/c1-3-17-7-6-16-5-4-15(14-19(16)22-17)8-11-21(20(24)25)12-9-18(10-13-21)23-26-2/h4-8,11,14H,3,9-10,12-13H2,1-2H3,(H,24,25)/b11-8+,23-18?. The van der Waals surface area contributed by atoms with Crippen molar-refractivity contribution < 1.29 is 14.7 Å². The van der Waals surface area contributed by atoms with E-state index in [1.165, 1.54) is 7.11 Å². The minimum Gasteiger partial charge on any atom is -0.481 e. The first-order chi connectivity index (χ1) is 12.6. The van der Waals surface area contributed by atoms with E-state index in [-0.39, 0.29) is 0 Å². The van der Waals surface area contributed by atoms with Gasteiger partial charge in [-0.2, -0.15) is 0 Å². The lowest BCUT2D eigenvalue weighted by atomic mass is 9.73. The van der Waals surface area contributed by atoms with E-state index in [2.05, 4.69) is 23.1 Å². The molecule has 0 aliphatic heterocycles. The topological polar surface area (TPSA) is 71.8 Å². The number of benzene rings is 1. The number of pyridine rings is 1. The van der Waals surface area contributed by atoms with Crippen molar-refractivity contribution in [3.05, 3.63) is 47.7 Å². The molecule has 136 valence electrons. The zero-order chi connectivity index (χ0) is 18.6. The lowest BCUT2D eigenvalue weighted by Gasteiger charge is -2.30. The van der Waals surface area contributed by atoms with E-state index in [4.69, 9.17) is 4.84 Å². The number of carbonyl (C=O) groups is 1. The van der Waals surface area contributed by atoms with Gasteiger partial charge in [-0.1, -0.05) is 42.4 Å². The van der Waals surface area contributed by atoms with Crippen LogP contribution in [0.15, 0.2) is 41.6 Å². The van der Waals surface area contributed by atoms with Gasteiger partial charge in [-0.15, -0.1) is 0 Å². The fraction of sp³-hybridized carbons (Fsp3) is 0.381. The Kier molecular flexibility index (Phi) is 5.35. The lowest BCUT2D eigenvalue weighted by Crippen LogP contribution is -2.33. The van der Waals surface area contributed by atoms with Gasteiger partial charge in [0.25, 0.3) is 0 Å². The van der Waals surface area contributed by atoms with Gasteiger partial charge < -0.3 is 9.94 Å². The molecule has 1 aromatic carbocycles. The highest BCUT2D eigenvalue weighted by Gasteiger charge is 2.38. The SMILES string of the molecule is CCc1ccc2ccc(/C=C/C3(C(=O)O)CCC(=NOC)CC3)cc2n1. The Labute approximate surface area is 153 Å². The normalized spacial score (nSPS) is 20.5. The zero-order valence-electron chi connectivity index (χ0n) is 15.2. The van der Waals surface area contributed by atoms with E-state index in [9.17, 15) is 9.90 Å². The number of hydrogen-bond acceptors (Lipinski definition) is 4. The minimum absolute atomic E-state index is 0.535. The van der Waals surface area contributed by atoms with Gasteiger partial charge in [0.2, 0.25) is 0 Å². The van der Waals surface area contributed by atoms with Gasteiger partial charge in [0.05, 0.1) is 16.6 Å². The first-order valence-corrected chi connectivity index (χ1v) is 8.97. The van der Waals surface area contributed by atoms with Gasteiger partial charge in [0.15, 0.2) is 0 Å². The largest absolute Gasteiger partial charge is 0.481 e. The molecule has 26 heavy (non-hydrogen) atoms. The molecule has 5 heteroatoms. The summed E-state index contributed by atoms with van der Waals surface area (Å²) in [5.74, 6) is -0.780. The van der Waals surface area contributed by atoms with E-state index in [0.717, 1.165) is 34.3 Å². The third-order valence-corrected chi connectivity index (χ3v) is 5.10. The Morgan fingerprint density at radius 1 is 1.31 bits per heavy atom. The Morgan fingerprint density at radius 2 is 2.04 bits per heavy atom. The summed E-state index contributed by atoms with van der Waals surface area (Å²) < 4.78 is 0. The highest BCUT2D eigenvalue weighted by molar-refractivity contribution is 5.89. The Hall–Kier alpha value is -2.69. The van der Waals surface area contributed by atoms with Crippen LogP contribution >= 0.6 is 0 Å². The number of hydrogen-bond donors (Lipinski definition) is 1. The Morgan fingerprint density at radius 3 is 2.69 bits per heavy atom. The third-order valence-electron chi connectivity index (χ3n) is 5.10. The summed E-state index contributed by atoms with van der Waals surface area (Å²) in [6, 6.07) is 10.2. The fourth-order valence-electron chi connectivity index (χ4n) is 3.39. The molecule has 2 aromatic rings. The minimum atomic E-state index is -0.847. The molecule has 1 saturated carbocycles. The van der Waals surface area contributed by atoms with Crippen molar-refractivity contribution in [1.82, 2.24) is 4.98 Å². The summed E-state index contributed by atoms with van der Waals surface area (Å²) in [7, 11) is 1.52. The second kappa shape index (κ2) is 7.68. The van der Waals surface area contributed by atoms with Crippen LogP contribution in [-0.2, 0) is 16.1 Å². The highest BCUT2D eigenvalue weighted by Crippen LogP contribution is 2.37. The first-order valence-electron chi connectivity index (χ1n) is 8.97. The maximum absolute atomic E-state index is 11.9. The number of oxime groups is 1. The predicted octanol–water partition coefficient (Wildman–Crippen LogP) is 4.46. The van der Waals surface area contributed by atoms with Crippen molar-refractivity contribution in [1.29, 1.82) is 0 Å². The van der Waals surface area contributed by atoms with E-state index >= 15 is 0 Å². The number of carboxylic acids is 1. The van der Waals surface area contributed by atoms with E-state index in [1.54, 1.807) is 0 Å². The quantitative estimate of drug-likeness (QED) is 0.807. The summed E-state index contributed by atoms with van der Waals surface area (Å²) in [4.78, 5) is 21.4. The number of aryl methyl sites for hydroxylation is 1. The van der Waals surface area contributed by atoms with Crippen LogP contribution in [0.2, 0.25) is 0 Å². The van der Waals surface area contributed by atoms with Crippen LogP contribution in [0.4, 0.5) is 0 Å². The summed E-state index contributed by atoms with van der Waals surface area (Å²) in [5, 5.41) is 14.8. The molecule has 1 aliphatic carbocycles. The maximum Gasteiger partial charge on any atom is 0.313 e. The number of nitrogens with zero attached hydrogens (tertiary/aromatic N) is 2. The van der Waals surface area contributed by atoms with Crippen LogP contribution < -0.4 is 0 Å². The van der Waals surface area contributed by atoms with Crippen LogP contribution in [0.25, 0.3) is 17.0 Å². The third kappa shape index (κ3) is 3.77. The number of rotatable bonds is 5. The van der Waals surface area contributed by atoms with Crippen molar-refractivity contribution in [3.63, 3.8) is 0 Å². The van der Waals surface area contributed by atoms with Crippen LogP contribution in [0.1, 0.15) is 43.9 Å².